The van der Waals surface area contributed by atoms with Crippen molar-refractivity contribution in [2.24, 2.45) is 0 Å². The summed E-state index contributed by atoms with van der Waals surface area (Å²) >= 11 is 3.33. The summed E-state index contributed by atoms with van der Waals surface area (Å²) in [6.45, 7) is 0.576. The molecule has 0 fully saturated rings. The van der Waals surface area contributed by atoms with E-state index >= 15 is 0 Å². The summed E-state index contributed by atoms with van der Waals surface area (Å²) in [4.78, 5) is 7.91. The highest BCUT2D eigenvalue weighted by molar-refractivity contribution is 9.10. The van der Waals surface area contributed by atoms with Crippen molar-refractivity contribution in [3.63, 3.8) is 0 Å². The summed E-state index contributed by atoms with van der Waals surface area (Å²) in [7, 11) is 0. The van der Waals surface area contributed by atoms with Crippen LogP contribution in [0, 0.1) is 0 Å². The fraction of sp³-hybridized carbons (Fsp3) is 0.125. The van der Waals surface area contributed by atoms with Crippen LogP contribution in [-0.4, -0.2) is 15.1 Å². The molecule has 0 unspecified atom stereocenters. The molecule has 1 N–H and O–H groups in total. The van der Waals surface area contributed by atoms with Crippen LogP contribution in [0.5, 0.6) is 0 Å². The Morgan fingerprint density at radius 2 is 2.43 bits per heavy atom. The second kappa shape index (κ2) is 4.19. The maximum absolute atomic E-state index is 4.70. The number of hydrogen-bond acceptors (Lipinski definition) is 5. The van der Waals surface area contributed by atoms with E-state index in [4.69, 9.17) is 4.52 Å². The molecule has 14 heavy (non-hydrogen) atoms. The lowest BCUT2D eigenvalue weighted by Gasteiger charge is -2.03. The predicted molar refractivity (Wildman–Crippen MR) is 53.6 cm³/mol. The van der Waals surface area contributed by atoms with Crippen LogP contribution >= 0.6 is 15.9 Å². The molecule has 2 rings (SSSR count). The molecule has 0 aliphatic rings. The van der Waals surface area contributed by atoms with Crippen molar-refractivity contribution in [3.8, 4) is 0 Å². The van der Waals surface area contributed by atoms with Crippen molar-refractivity contribution in [1.82, 2.24) is 15.1 Å². The summed E-state index contributed by atoms with van der Waals surface area (Å²) in [5, 5.41) is 6.86. The average Bonchev–Trinajstić information content (AvgIpc) is 2.69. The third-order valence-corrected chi connectivity index (χ3v) is 2.18. The van der Waals surface area contributed by atoms with E-state index in [-0.39, 0.29) is 0 Å². The van der Waals surface area contributed by atoms with Crippen molar-refractivity contribution in [2.45, 2.75) is 6.54 Å². The molecule has 0 radical (unpaired) electrons. The normalized spacial score (nSPS) is 10.1. The highest BCUT2D eigenvalue weighted by Crippen LogP contribution is 2.17. The Labute approximate surface area is 88.7 Å². The first-order chi connectivity index (χ1) is 6.86. The minimum absolute atomic E-state index is 0.576. The molecule has 0 amide bonds. The predicted octanol–water partition coefficient (Wildman–Crippen LogP) is 1.84. The van der Waals surface area contributed by atoms with Gasteiger partial charge >= 0.3 is 0 Å². The van der Waals surface area contributed by atoms with Gasteiger partial charge in [0, 0.05) is 12.3 Å². The highest BCUT2D eigenvalue weighted by Gasteiger charge is 2.01. The Kier molecular flexibility index (Phi) is 2.73. The largest absolute Gasteiger partial charge is 0.364 e. The van der Waals surface area contributed by atoms with Gasteiger partial charge < -0.3 is 9.84 Å². The number of anilines is 1. The van der Waals surface area contributed by atoms with Gasteiger partial charge in [0.25, 0.3) is 0 Å². The van der Waals surface area contributed by atoms with Crippen LogP contribution in [0.3, 0.4) is 0 Å². The third kappa shape index (κ3) is 2.08. The Morgan fingerprint density at radius 3 is 3.14 bits per heavy atom. The molecule has 5 nitrogen and oxygen atoms in total. The zero-order valence-corrected chi connectivity index (χ0v) is 8.73. The molecule has 0 aliphatic heterocycles. The summed E-state index contributed by atoms with van der Waals surface area (Å²) in [5.41, 5.74) is 0.829. The van der Waals surface area contributed by atoms with E-state index in [0.717, 1.165) is 16.0 Å². The van der Waals surface area contributed by atoms with Crippen molar-refractivity contribution < 1.29 is 4.52 Å². The Hall–Kier alpha value is -1.43. The first-order valence-electron chi connectivity index (χ1n) is 3.95. The molecule has 0 aromatic carbocycles. The molecule has 0 bridgehead atoms. The van der Waals surface area contributed by atoms with Gasteiger partial charge in [0.15, 0.2) is 0 Å². The van der Waals surface area contributed by atoms with Crippen molar-refractivity contribution in [2.75, 3.05) is 5.32 Å². The number of nitrogens with one attached hydrogen (secondary N) is 1. The van der Waals surface area contributed by atoms with Crippen LogP contribution in [0.15, 0.2) is 33.8 Å². The van der Waals surface area contributed by atoms with Gasteiger partial charge in [-0.05, 0) is 15.9 Å². The molecule has 72 valence electrons. The van der Waals surface area contributed by atoms with Crippen molar-refractivity contribution >= 4 is 21.7 Å². The summed E-state index contributed by atoms with van der Waals surface area (Å²) in [6, 6.07) is 1.79. The van der Waals surface area contributed by atoms with E-state index in [0.29, 0.717) is 6.54 Å². The number of aromatic nitrogens is 3. The fourth-order valence-electron chi connectivity index (χ4n) is 0.946. The third-order valence-electron chi connectivity index (χ3n) is 1.60. The maximum Gasteiger partial charge on any atom is 0.144 e. The van der Waals surface area contributed by atoms with Crippen molar-refractivity contribution in [1.29, 1.82) is 0 Å². The van der Waals surface area contributed by atoms with Gasteiger partial charge in [-0.25, -0.2) is 9.97 Å². The van der Waals surface area contributed by atoms with Gasteiger partial charge in [-0.3, -0.25) is 0 Å². The number of rotatable bonds is 3. The molecule has 0 spiro atoms. The quantitative estimate of drug-likeness (QED) is 0.906. The summed E-state index contributed by atoms with van der Waals surface area (Å²) in [5.74, 6) is 0.739. The van der Waals surface area contributed by atoms with E-state index in [1.54, 1.807) is 12.3 Å². The highest BCUT2D eigenvalue weighted by atomic mass is 79.9. The molecule has 0 saturated heterocycles. The van der Waals surface area contributed by atoms with Gasteiger partial charge in [-0.15, -0.1) is 0 Å². The van der Waals surface area contributed by atoms with Gasteiger partial charge in [0.2, 0.25) is 0 Å². The Morgan fingerprint density at radius 1 is 1.50 bits per heavy atom. The van der Waals surface area contributed by atoms with E-state index < -0.39 is 0 Å². The lowest BCUT2D eigenvalue weighted by Crippen LogP contribution is -2.02. The van der Waals surface area contributed by atoms with E-state index in [9.17, 15) is 0 Å². The monoisotopic (exact) mass is 254 g/mol. The van der Waals surface area contributed by atoms with Crippen LogP contribution in [0.25, 0.3) is 0 Å². The van der Waals surface area contributed by atoms with Crippen LogP contribution in [-0.2, 0) is 6.54 Å². The van der Waals surface area contributed by atoms with E-state index in [1.807, 2.05) is 0 Å². The van der Waals surface area contributed by atoms with Crippen LogP contribution in [0.2, 0.25) is 0 Å². The standard InChI is InChI=1S/C8H7BrN4O/c9-7-4-10-5-12-8(7)11-3-6-1-2-14-13-6/h1-2,4-5H,3H2,(H,10,11,12). The maximum atomic E-state index is 4.70. The zero-order chi connectivity index (χ0) is 9.80. The second-order valence-corrected chi connectivity index (χ2v) is 3.42. The molecule has 0 aliphatic carbocycles. The molecule has 2 aromatic rings. The Bertz CT molecular complexity index is 403. The van der Waals surface area contributed by atoms with E-state index in [2.05, 4.69) is 36.4 Å². The number of halogens is 1. The van der Waals surface area contributed by atoms with Gasteiger partial charge in [0.05, 0.1) is 11.0 Å². The first kappa shape index (κ1) is 9.14. The smallest absolute Gasteiger partial charge is 0.144 e. The zero-order valence-electron chi connectivity index (χ0n) is 7.14. The molecule has 0 atom stereocenters. The second-order valence-electron chi connectivity index (χ2n) is 2.56. The number of hydrogen-bond donors (Lipinski definition) is 1. The summed E-state index contributed by atoms with van der Waals surface area (Å²) in [6.07, 6.45) is 4.69. The summed E-state index contributed by atoms with van der Waals surface area (Å²) < 4.78 is 5.52. The van der Waals surface area contributed by atoms with Crippen LogP contribution in [0.1, 0.15) is 5.69 Å². The molecule has 2 heterocycles. The first-order valence-corrected chi connectivity index (χ1v) is 4.74. The fourth-order valence-corrected chi connectivity index (χ4v) is 1.31. The van der Waals surface area contributed by atoms with Gasteiger partial charge in [-0.1, -0.05) is 5.16 Å². The lowest BCUT2D eigenvalue weighted by molar-refractivity contribution is 0.412. The van der Waals surface area contributed by atoms with Crippen LogP contribution < -0.4 is 5.32 Å². The molecule has 2 aromatic heterocycles. The van der Waals surface area contributed by atoms with E-state index in [1.165, 1.54) is 12.6 Å². The number of nitrogens with zero attached hydrogens (tertiary/aromatic N) is 3. The Balaban J connectivity index is 2.02. The lowest BCUT2D eigenvalue weighted by atomic mass is 10.4. The molecular weight excluding hydrogens is 248 g/mol. The topological polar surface area (TPSA) is 63.8 Å². The van der Waals surface area contributed by atoms with Crippen molar-refractivity contribution in [3.05, 3.63) is 35.0 Å². The van der Waals surface area contributed by atoms with Gasteiger partial charge in [-0.2, -0.15) is 0 Å². The average molecular weight is 255 g/mol. The van der Waals surface area contributed by atoms with Crippen LogP contribution in [0.4, 0.5) is 5.82 Å². The molecule has 6 heteroatoms. The minimum Gasteiger partial charge on any atom is -0.364 e. The SMILES string of the molecule is Brc1cncnc1NCc1ccon1. The molecule has 0 saturated carbocycles. The minimum atomic E-state index is 0.576. The van der Waals surface area contributed by atoms with Gasteiger partial charge in [0.1, 0.15) is 24.1 Å². The molecular formula is C8H7BrN4O.